The van der Waals surface area contributed by atoms with Gasteiger partial charge in [-0.25, -0.2) is 4.79 Å². The van der Waals surface area contributed by atoms with E-state index in [1.165, 1.54) is 6.07 Å². The van der Waals surface area contributed by atoms with Crippen LogP contribution >= 0.6 is 0 Å². The van der Waals surface area contributed by atoms with Gasteiger partial charge in [0.05, 0.1) is 11.7 Å². The minimum Gasteiger partial charge on any atom is -0.478 e. The molecule has 5 heteroatoms. The van der Waals surface area contributed by atoms with E-state index in [4.69, 9.17) is 9.84 Å². The zero-order chi connectivity index (χ0) is 16.1. The number of nitrogens with one attached hydrogen (secondary N) is 1. The molecule has 1 fully saturated rings. The number of hydrogen-bond donors (Lipinski definition) is 2. The lowest BCUT2D eigenvalue weighted by molar-refractivity contribution is -0.117. The van der Waals surface area contributed by atoms with Crippen molar-refractivity contribution < 1.29 is 19.4 Å². The molecule has 0 spiro atoms. The van der Waals surface area contributed by atoms with E-state index in [0.717, 1.165) is 25.7 Å². The largest absolute Gasteiger partial charge is 0.478 e. The van der Waals surface area contributed by atoms with Crippen LogP contribution in [0.2, 0.25) is 0 Å². The van der Waals surface area contributed by atoms with Gasteiger partial charge in [0.15, 0.2) is 0 Å². The van der Waals surface area contributed by atoms with Gasteiger partial charge in [-0.05, 0) is 55.9 Å². The highest BCUT2D eigenvalue weighted by molar-refractivity contribution is 5.93. The van der Waals surface area contributed by atoms with Crippen LogP contribution in [0.15, 0.2) is 18.2 Å². The standard InChI is InChI=1S/C17H23NO4/c1-11-8-13(6-7-15(11)17(20)21)18-16(19)10-12-4-3-5-14(9-12)22-2/h6-8,12,14H,3-5,9-10H2,1-2H3,(H,18,19)(H,20,21). The summed E-state index contributed by atoms with van der Waals surface area (Å²) in [5.41, 5.74) is 1.54. The molecule has 1 aliphatic rings. The summed E-state index contributed by atoms with van der Waals surface area (Å²) in [6, 6.07) is 4.85. The van der Waals surface area contributed by atoms with Gasteiger partial charge in [0.1, 0.15) is 0 Å². The van der Waals surface area contributed by atoms with Gasteiger partial charge in [0, 0.05) is 19.2 Å². The van der Waals surface area contributed by atoms with Crippen LogP contribution in [0.1, 0.15) is 48.0 Å². The van der Waals surface area contributed by atoms with Crippen molar-refractivity contribution in [2.24, 2.45) is 5.92 Å². The minimum absolute atomic E-state index is 0.0239. The van der Waals surface area contributed by atoms with Crippen molar-refractivity contribution in [3.63, 3.8) is 0 Å². The van der Waals surface area contributed by atoms with Crippen molar-refractivity contribution in [1.82, 2.24) is 0 Å². The third-order valence-corrected chi connectivity index (χ3v) is 4.28. The summed E-state index contributed by atoms with van der Waals surface area (Å²) in [4.78, 5) is 23.1. The molecule has 0 bridgehead atoms. The van der Waals surface area contributed by atoms with Crippen LogP contribution < -0.4 is 5.32 Å². The van der Waals surface area contributed by atoms with Crippen LogP contribution in [0.25, 0.3) is 0 Å². The fourth-order valence-corrected chi connectivity index (χ4v) is 3.10. The summed E-state index contributed by atoms with van der Waals surface area (Å²) in [6.07, 6.45) is 4.92. The number of aromatic carboxylic acids is 1. The first-order chi connectivity index (χ1) is 10.5. The molecule has 22 heavy (non-hydrogen) atoms. The number of methoxy groups -OCH3 is 1. The zero-order valence-electron chi connectivity index (χ0n) is 13.1. The predicted octanol–water partition coefficient (Wildman–Crippen LogP) is 3.23. The number of benzene rings is 1. The fourth-order valence-electron chi connectivity index (χ4n) is 3.10. The molecular weight excluding hydrogens is 282 g/mol. The summed E-state index contributed by atoms with van der Waals surface area (Å²) in [6.45, 7) is 1.73. The number of aryl methyl sites for hydroxylation is 1. The smallest absolute Gasteiger partial charge is 0.335 e. The van der Waals surface area contributed by atoms with Gasteiger partial charge >= 0.3 is 5.97 Å². The zero-order valence-corrected chi connectivity index (χ0v) is 13.1. The first kappa shape index (κ1) is 16.5. The Hall–Kier alpha value is -1.88. The minimum atomic E-state index is -0.955. The lowest BCUT2D eigenvalue weighted by atomic mass is 9.85. The fraction of sp³-hybridized carbons (Fsp3) is 0.529. The van der Waals surface area contributed by atoms with Gasteiger partial charge in [0.25, 0.3) is 0 Å². The second-order valence-corrected chi connectivity index (χ2v) is 5.98. The van der Waals surface area contributed by atoms with Crippen LogP contribution in [-0.4, -0.2) is 30.2 Å². The normalized spacial score (nSPS) is 21.4. The van der Waals surface area contributed by atoms with Gasteiger partial charge in [-0.15, -0.1) is 0 Å². The summed E-state index contributed by atoms with van der Waals surface area (Å²) >= 11 is 0. The molecule has 1 aliphatic carbocycles. The van der Waals surface area contributed by atoms with E-state index in [1.54, 1.807) is 26.2 Å². The summed E-state index contributed by atoms with van der Waals surface area (Å²) < 4.78 is 5.39. The van der Waals surface area contributed by atoms with Gasteiger partial charge < -0.3 is 15.2 Å². The van der Waals surface area contributed by atoms with E-state index >= 15 is 0 Å². The number of carboxylic acid groups (broad SMARTS) is 1. The molecule has 0 aromatic heterocycles. The SMILES string of the molecule is COC1CCCC(CC(=O)Nc2ccc(C(=O)O)c(C)c2)C1. The number of carbonyl (C=O) groups excluding carboxylic acids is 1. The molecule has 1 amide bonds. The summed E-state index contributed by atoms with van der Waals surface area (Å²) in [7, 11) is 1.72. The first-order valence-electron chi connectivity index (χ1n) is 7.66. The Balaban J connectivity index is 1.92. The molecule has 1 saturated carbocycles. The van der Waals surface area contributed by atoms with Crippen LogP contribution in [0.3, 0.4) is 0 Å². The maximum atomic E-state index is 12.1. The van der Waals surface area contributed by atoms with Crippen molar-refractivity contribution in [3.05, 3.63) is 29.3 Å². The predicted molar refractivity (Wildman–Crippen MR) is 84.1 cm³/mol. The molecule has 0 aliphatic heterocycles. The molecular formula is C17H23NO4. The maximum Gasteiger partial charge on any atom is 0.335 e. The van der Waals surface area contributed by atoms with E-state index in [9.17, 15) is 9.59 Å². The van der Waals surface area contributed by atoms with Crippen LogP contribution in [0.4, 0.5) is 5.69 Å². The lowest BCUT2D eigenvalue weighted by Crippen LogP contribution is -2.25. The molecule has 2 unspecified atom stereocenters. The van der Waals surface area contributed by atoms with Gasteiger partial charge in [0.2, 0.25) is 5.91 Å². The Morgan fingerprint density at radius 3 is 2.77 bits per heavy atom. The summed E-state index contributed by atoms with van der Waals surface area (Å²) in [5, 5.41) is 11.9. The Kier molecular flexibility index (Phi) is 5.55. The quantitative estimate of drug-likeness (QED) is 0.875. The molecule has 120 valence electrons. The highest BCUT2D eigenvalue weighted by Gasteiger charge is 2.23. The molecule has 2 rings (SSSR count). The molecule has 2 N–H and O–H groups in total. The van der Waals surface area contributed by atoms with Gasteiger partial charge in [-0.3, -0.25) is 4.79 Å². The highest BCUT2D eigenvalue weighted by Crippen LogP contribution is 2.28. The van der Waals surface area contributed by atoms with E-state index in [0.29, 0.717) is 23.6 Å². The van der Waals surface area contributed by atoms with Gasteiger partial charge in [-0.2, -0.15) is 0 Å². The lowest BCUT2D eigenvalue weighted by Gasteiger charge is -2.27. The van der Waals surface area contributed by atoms with Gasteiger partial charge in [-0.1, -0.05) is 6.42 Å². The Morgan fingerprint density at radius 2 is 2.14 bits per heavy atom. The number of amides is 1. The van der Waals surface area contributed by atoms with Crippen molar-refractivity contribution in [2.75, 3.05) is 12.4 Å². The second-order valence-electron chi connectivity index (χ2n) is 5.98. The van der Waals surface area contributed by atoms with E-state index in [-0.39, 0.29) is 17.6 Å². The van der Waals surface area contributed by atoms with Crippen molar-refractivity contribution in [2.45, 2.75) is 45.1 Å². The monoisotopic (exact) mass is 305 g/mol. The van der Waals surface area contributed by atoms with Crippen LogP contribution in [-0.2, 0) is 9.53 Å². The number of hydrogen-bond acceptors (Lipinski definition) is 3. The van der Waals surface area contributed by atoms with E-state index < -0.39 is 5.97 Å². The number of ether oxygens (including phenoxy) is 1. The third-order valence-electron chi connectivity index (χ3n) is 4.28. The van der Waals surface area contributed by atoms with Crippen molar-refractivity contribution in [3.8, 4) is 0 Å². The van der Waals surface area contributed by atoms with Crippen molar-refractivity contribution >= 4 is 17.6 Å². The molecule has 1 aromatic carbocycles. The van der Waals surface area contributed by atoms with E-state index in [2.05, 4.69) is 5.32 Å². The van der Waals surface area contributed by atoms with Crippen LogP contribution in [0, 0.1) is 12.8 Å². The number of carbonyl (C=O) groups is 2. The summed E-state index contributed by atoms with van der Waals surface area (Å²) in [5.74, 6) is -0.620. The molecule has 0 heterocycles. The average Bonchev–Trinajstić information content (AvgIpc) is 2.47. The Labute approximate surface area is 130 Å². The third kappa shape index (κ3) is 4.31. The first-order valence-corrected chi connectivity index (χ1v) is 7.66. The highest BCUT2D eigenvalue weighted by atomic mass is 16.5. The second kappa shape index (κ2) is 7.40. The van der Waals surface area contributed by atoms with E-state index in [1.807, 2.05) is 0 Å². The number of carboxylic acids is 1. The maximum absolute atomic E-state index is 12.1. The average molecular weight is 305 g/mol. The van der Waals surface area contributed by atoms with Crippen molar-refractivity contribution in [1.29, 1.82) is 0 Å². The Bertz CT molecular complexity index is 556. The topological polar surface area (TPSA) is 75.6 Å². The molecule has 2 atom stereocenters. The molecule has 0 radical (unpaired) electrons. The Morgan fingerprint density at radius 1 is 1.36 bits per heavy atom. The molecule has 1 aromatic rings. The number of anilines is 1. The van der Waals surface area contributed by atoms with Crippen LogP contribution in [0.5, 0.6) is 0 Å². The number of rotatable bonds is 5. The molecule has 0 saturated heterocycles. The molecule has 5 nitrogen and oxygen atoms in total.